The second kappa shape index (κ2) is 4.96. The second-order valence-electron chi connectivity index (χ2n) is 6.35. The molecule has 0 spiro atoms. The maximum atomic E-state index is 13.9. The Morgan fingerprint density at radius 1 is 1.32 bits per heavy atom. The number of carbonyl (C=O) groups is 1. The zero-order valence-corrected chi connectivity index (χ0v) is 12.0. The zero-order valence-electron chi connectivity index (χ0n) is 12.0. The number of benzene rings is 1. The standard InChI is InChI=1S/C16H16F4O2/c1-7-8(2-3-12(17)14(7)18)13-9-4-5-16(19,20)11(9)6-10(13)15(21)22/h2-3,9-11,13H,4-6H2,1H3,(H,21,22)/t9-,10-,11-,13-/m1/s1. The number of rotatable bonds is 2. The van der Waals surface area contributed by atoms with Crippen molar-refractivity contribution in [2.24, 2.45) is 17.8 Å². The zero-order chi connectivity index (χ0) is 16.2. The van der Waals surface area contributed by atoms with Gasteiger partial charge in [0.1, 0.15) is 0 Å². The van der Waals surface area contributed by atoms with Crippen molar-refractivity contribution in [1.29, 1.82) is 0 Å². The van der Waals surface area contributed by atoms with E-state index < -0.39 is 47.2 Å². The lowest BCUT2D eigenvalue weighted by Crippen LogP contribution is -2.23. The average Bonchev–Trinajstić information content (AvgIpc) is 2.95. The van der Waals surface area contributed by atoms with Crippen molar-refractivity contribution in [2.45, 2.75) is 38.0 Å². The Morgan fingerprint density at radius 2 is 2.00 bits per heavy atom. The Morgan fingerprint density at radius 3 is 2.64 bits per heavy atom. The van der Waals surface area contributed by atoms with Gasteiger partial charge in [-0.3, -0.25) is 4.79 Å². The van der Waals surface area contributed by atoms with Crippen LogP contribution in [0.25, 0.3) is 0 Å². The summed E-state index contributed by atoms with van der Waals surface area (Å²) in [4.78, 5) is 11.5. The molecule has 120 valence electrons. The van der Waals surface area contributed by atoms with Crippen molar-refractivity contribution < 1.29 is 27.5 Å². The van der Waals surface area contributed by atoms with Crippen molar-refractivity contribution in [3.63, 3.8) is 0 Å². The van der Waals surface area contributed by atoms with Crippen LogP contribution in [-0.2, 0) is 4.79 Å². The highest BCUT2D eigenvalue weighted by molar-refractivity contribution is 5.72. The first-order valence-corrected chi connectivity index (χ1v) is 7.29. The molecule has 1 aromatic rings. The Hall–Kier alpha value is -1.59. The smallest absolute Gasteiger partial charge is 0.307 e. The highest BCUT2D eigenvalue weighted by atomic mass is 19.3. The van der Waals surface area contributed by atoms with Gasteiger partial charge in [-0.1, -0.05) is 6.07 Å². The number of hydrogen-bond donors (Lipinski definition) is 1. The molecule has 2 aliphatic rings. The fraction of sp³-hybridized carbons (Fsp3) is 0.562. The Kier molecular flexibility index (Phi) is 3.45. The summed E-state index contributed by atoms with van der Waals surface area (Å²) in [5, 5.41) is 9.37. The quantitative estimate of drug-likeness (QED) is 0.833. The molecule has 22 heavy (non-hydrogen) atoms. The SMILES string of the molecule is Cc1c([C@@H]2[C@@H]3CCC(F)(F)[C@@H]3C[C@H]2C(=O)O)ccc(F)c1F. The van der Waals surface area contributed by atoms with E-state index >= 15 is 0 Å². The first-order valence-electron chi connectivity index (χ1n) is 7.29. The summed E-state index contributed by atoms with van der Waals surface area (Å²) >= 11 is 0. The largest absolute Gasteiger partial charge is 0.481 e. The number of hydrogen-bond acceptors (Lipinski definition) is 1. The fourth-order valence-electron chi connectivity index (χ4n) is 4.28. The molecule has 0 heterocycles. The van der Waals surface area contributed by atoms with Crippen LogP contribution in [0.5, 0.6) is 0 Å². The van der Waals surface area contributed by atoms with Crippen LogP contribution in [-0.4, -0.2) is 17.0 Å². The molecule has 3 rings (SSSR count). The molecule has 1 aromatic carbocycles. The molecular weight excluding hydrogens is 300 g/mol. The molecule has 4 atom stereocenters. The lowest BCUT2D eigenvalue weighted by atomic mass is 9.80. The van der Waals surface area contributed by atoms with E-state index in [0.717, 1.165) is 6.07 Å². The lowest BCUT2D eigenvalue weighted by molar-refractivity contribution is -0.142. The highest BCUT2D eigenvalue weighted by Gasteiger charge is 2.60. The van der Waals surface area contributed by atoms with E-state index in [4.69, 9.17) is 0 Å². The van der Waals surface area contributed by atoms with E-state index in [0.29, 0.717) is 5.56 Å². The van der Waals surface area contributed by atoms with Crippen LogP contribution >= 0.6 is 0 Å². The first-order chi connectivity index (χ1) is 10.2. The van der Waals surface area contributed by atoms with E-state index in [1.807, 2.05) is 0 Å². The molecule has 1 N–H and O–H groups in total. The minimum atomic E-state index is -2.88. The monoisotopic (exact) mass is 316 g/mol. The highest BCUT2D eigenvalue weighted by Crippen LogP contribution is 2.60. The van der Waals surface area contributed by atoms with Crippen LogP contribution in [0.4, 0.5) is 17.6 Å². The van der Waals surface area contributed by atoms with Crippen molar-refractivity contribution in [3.05, 3.63) is 34.9 Å². The van der Waals surface area contributed by atoms with Crippen LogP contribution in [0.1, 0.15) is 36.3 Å². The van der Waals surface area contributed by atoms with Crippen LogP contribution in [0.2, 0.25) is 0 Å². The maximum absolute atomic E-state index is 13.9. The van der Waals surface area contributed by atoms with Crippen LogP contribution in [0.3, 0.4) is 0 Å². The van der Waals surface area contributed by atoms with Crippen molar-refractivity contribution >= 4 is 5.97 Å². The summed E-state index contributed by atoms with van der Waals surface area (Å²) in [6.45, 7) is 1.37. The normalized spacial score (nSPS) is 33.0. The summed E-state index contributed by atoms with van der Waals surface area (Å²) in [6, 6.07) is 2.28. The number of fused-ring (bicyclic) bond motifs is 1. The van der Waals surface area contributed by atoms with Gasteiger partial charge < -0.3 is 5.11 Å². The van der Waals surface area contributed by atoms with E-state index in [1.54, 1.807) is 0 Å². The molecule has 0 aliphatic heterocycles. The number of alkyl halides is 2. The molecular formula is C16H16F4O2. The van der Waals surface area contributed by atoms with E-state index in [9.17, 15) is 27.5 Å². The van der Waals surface area contributed by atoms with Crippen molar-refractivity contribution in [3.8, 4) is 0 Å². The van der Waals surface area contributed by atoms with Gasteiger partial charge in [-0.25, -0.2) is 17.6 Å². The van der Waals surface area contributed by atoms with Gasteiger partial charge in [-0.2, -0.15) is 0 Å². The molecule has 0 saturated heterocycles. The van der Waals surface area contributed by atoms with Gasteiger partial charge in [0, 0.05) is 18.3 Å². The summed E-state index contributed by atoms with van der Waals surface area (Å²) in [6.07, 6.45) is -0.172. The third kappa shape index (κ3) is 2.11. The molecule has 6 heteroatoms. The van der Waals surface area contributed by atoms with Gasteiger partial charge in [0.05, 0.1) is 5.92 Å². The summed E-state index contributed by atoms with van der Waals surface area (Å²) in [7, 11) is 0. The third-order valence-electron chi connectivity index (χ3n) is 5.33. The molecule has 2 nitrogen and oxygen atoms in total. The van der Waals surface area contributed by atoms with Gasteiger partial charge >= 0.3 is 5.97 Å². The predicted molar refractivity (Wildman–Crippen MR) is 70.7 cm³/mol. The molecule has 2 saturated carbocycles. The van der Waals surface area contributed by atoms with E-state index in [1.165, 1.54) is 13.0 Å². The lowest BCUT2D eigenvalue weighted by Gasteiger charge is -2.24. The van der Waals surface area contributed by atoms with E-state index in [-0.39, 0.29) is 24.8 Å². The number of carboxylic acid groups (broad SMARTS) is 1. The van der Waals surface area contributed by atoms with Gasteiger partial charge in [0.2, 0.25) is 0 Å². The minimum Gasteiger partial charge on any atom is -0.481 e. The summed E-state index contributed by atoms with van der Waals surface area (Å²) in [5.74, 6) is -9.24. The third-order valence-corrected chi connectivity index (χ3v) is 5.33. The van der Waals surface area contributed by atoms with Crippen LogP contribution < -0.4 is 0 Å². The van der Waals surface area contributed by atoms with E-state index in [2.05, 4.69) is 0 Å². The van der Waals surface area contributed by atoms with Crippen molar-refractivity contribution in [2.75, 3.05) is 0 Å². The van der Waals surface area contributed by atoms with Gasteiger partial charge in [-0.15, -0.1) is 0 Å². The van der Waals surface area contributed by atoms with Crippen LogP contribution in [0.15, 0.2) is 12.1 Å². The molecule has 0 radical (unpaired) electrons. The minimum absolute atomic E-state index is 0.0205. The maximum Gasteiger partial charge on any atom is 0.307 e. The van der Waals surface area contributed by atoms with Crippen molar-refractivity contribution in [1.82, 2.24) is 0 Å². The number of carboxylic acids is 1. The first kappa shape index (κ1) is 15.3. The molecule has 0 amide bonds. The second-order valence-corrected chi connectivity index (χ2v) is 6.35. The molecule has 0 bridgehead atoms. The molecule has 0 unspecified atom stereocenters. The fourth-order valence-corrected chi connectivity index (χ4v) is 4.28. The van der Waals surface area contributed by atoms with Gasteiger partial charge in [-0.05, 0) is 42.9 Å². The molecule has 2 aliphatic carbocycles. The predicted octanol–water partition coefficient (Wildman–Crippen LogP) is 4.12. The average molecular weight is 316 g/mol. The Labute approximate surface area is 125 Å². The molecule has 0 aromatic heterocycles. The number of halogens is 4. The Balaban J connectivity index is 2.07. The number of aliphatic carboxylic acids is 1. The van der Waals surface area contributed by atoms with Gasteiger partial charge in [0.25, 0.3) is 5.92 Å². The Bertz CT molecular complexity index is 629. The topological polar surface area (TPSA) is 37.3 Å². The summed E-state index contributed by atoms with van der Waals surface area (Å²) < 4.78 is 55.0. The molecule has 2 fully saturated rings. The van der Waals surface area contributed by atoms with Gasteiger partial charge in [0.15, 0.2) is 11.6 Å². The van der Waals surface area contributed by atoms with Crippen LogP contribution in [0, 0.1) is 36.3 Å². The summed E-state index contributed by atoms with van der Waals surface area (Å²) in [5.41, 5.74) is 0.364.